The van der Waals surface area contributed by atoms with Gasteiger partial charge in [0, 0.05) is 24.6 Å². The summed E-state index contributed by atoms with van der Waals surface area (Å²) in [5.74, 6) is 0.448. The molecule has 2 heterocycles. The lowest BCUT2D eigenvalue weighted by Crippen LogP contribution is -2.32. The molecule has 162 valence electrons. The van der Waals surface area contributed by atoms with Gasteiger partial charge in [-0.15, -0.1) is 10.2 Å². The number of aliphatic carboxylic acids is 1. The van der Waals surface area contributed by atoms with Gasteiger partial charge in [-0.05, 0) is 52.2 Å². The largest absolute Gasteiger partial charge is 0.481 e. The van der Waals surface area contributed by atoms with Crippen molar-refractivity contribution in [1.29, 1.82) is 0 Å². The number of nitrogens with zero attached hydrogens (tertiary/aromatic N) is 3. The van der Waals surface area contributed by atoms with Gasteiger partial charge in [-0.2, -0.15) is 0 Å². The molecule has 0 spiro atoms. The van der Waals surface area contributed by atoms with Crippen LogP contribution in [-0.4, -0.2) is 45.6 Å². The van der Waals surface area contributed by atoms with Crippen molar-refractivity contribution in [3.63, 3.8) is 0 Å². The van der Waals surface area contributed by atoms with E-state index in [2.05, 4.69) is 15.1 Å². The first-order chi connectivity index (χ1) is 14.2. The van der Waals surface area contributed by atoms with Crippen LogP contribution in [0.2, 0.25) is 0 Å². The Kier molecular flexibility index (Phi) is 6.92. The lowest BCUT2D eigenvalue weighted by Gasteiger charge is -2.26. The minimum absolute atomic E-state index is 0.0277. The number of rotatable bonds is 8. The third-order valence-electron chi connectivity index (χ3n) is 5.03. The Morgan fingerprint density at radius 1 is 1.23 bits per heavy atom. The molecule has 0 bridgehead atoms. The maximum Gasteiger partial charge on any atom is 0.303 e. The summed E-state index contributed by atoms with van der Waals surface area (Å²) in [4.78, 5) is 13.2. The van der Waals surface area contributed by atoms with Gasteiger partial charge in [0.2, 0.25) is 5.88 Å². The van der Waals surface area contributed by atoms with E-state index in [4.69, 9.17) is 14.6 Å². The van der Waals surface area contributed by atoms with Crippen molar-refractivity contribution >= 4 is 11.8 Å². The first-order valence-electron chi connectivity index (χ1n) is 10.4. The molecule has 0 radical (unpaired) electrons. The molecule has 1 aliphatic heterocycles. The predicted octanol–water partition coefficient (Wildman–Crippen LogP) is 3.99. The van der Waals surface area contributed by atoms with Crippen molar-refractivity contribution in [1.82, 2.24) is 10.2 Å². The van der Waals surface area contributed by atoms with Gasteiger partial charge in [-0.25, -0.2) is 0 Å². The molecule has 1 aromatic carbocycles. The Bertz CT molecular complexity index is 851. The number of aromatic nitrogens is 2. The fourth-order valence-corrected chi connectivity index (χ4v) is 3.77. The normalized spacial score (nSPS) is 19.1. The van der Waals surface area contributed by atoms with E-state index in [9.17, 15) is 4.79 Å². The summed E-state index contributed by atoms with van der Waals surface area (Å²) in [6.07, 6.45) is 1.47. The van der Waals surface area contributed by atoms with Crippen LogP contribution in [0.5, 0.6) is 5.88 Å². The second-order valence-corrected chi connectivity index (χ2v) is 8.79. The molecule has 1 N–H and O–H groups in total. The van der Waals surface area contributed by atoms with Crippen LogP contribution in [0.15, 0.2) is 36.4 Å². The summed E-state index contributed by atoms with van der Waals surface area (Å²) in [6.45, 7) is 9.15. The SMILES string of the molecule is Cc1cc(N2C[C@H](OC(C)(C)C)C[C@H]2CCC(=O)O)nnc1OCc1ccccc1. The topological polar surface area (TPSA) is 84.8 Å². The van der Waals surface area contributed by atoms with E-state index in [1.54, 1.807) is 0 Å². The molecular weight excluding hydrogens is 382 g/mol. The third kappa shape index (κ3) is 6.16. The van der Waals surface area contributed by atoms with E-state index in [-0.39, 0.29) is 24.2 Å². The second kappa shape index (κ2) is 9.43. The summed E-state index contributed by atoms with van der Waals surface area (Å²) in [5, 5.41) is 17.8. The molecule has 7 nitrogen and oxygen atoms in total. The smallest absolute Gasteiger partial charge is 0.303 e. The molecule has 0 unspecified atom stereocenters. The highest BCUT2D eigenvalue weighted by molar-refractivity contribution is 5.66. The van der Waals surface area contributed by atoms with Crippen molar-refractivity contribution in [3.05, 3.63) is 47.5 Å². The molecule has 1 fully saturated rings. The molecule has 3 rings (SSSR count). The molecule has 7 heteroatoms. The van der Waals surface area contributed by atoms with E-state index in [1.165, 1.54) is 0 Å². The Balaban J connectivity index is 1.72. The summed E-state index contributed by atoms with van der Waals surface area (Å²) < 4.78 is 12.0. The fourth-order valence-electron chi connectivity index (χ4n) is 3.77. The zero-order valence-corrected chi connectivity index (χ0v) is 18.2. The van der Waals surface area contributed by atoms with E-state index in [0.717, 1.165) is 23.4 Å². The first-order valence-corrected chi connectivity index (χ1v) is 10.4. The number of anilines is 1. The average Bonchev–Trinajstić information content (AvgIpc) is 3.07. The third-order valence-corrected chi connectivity index (χ3v) is 5.03. The maximum absolute atomic E-state index is 11.1. The molecule has 2 aromatic rings. The van der Waals surface area contributed by atoms with Gasteiger partial charge in [0.05, 0.1) is 11.7 Å². The second-order valence-electron chi connectivity index (χ2n) is 8.79. The van der Waals surface area contributed by atoms with Crippen LogP contribution in [0.25, 0.3) is 0 Å². The number of aryl methyl sites for hydroxylation is 1. The van der Waals surface area contributed by atoms with E-state index < -0.39 is 5.97 Å². The zero-order chi connectivity index (χ0) is 21.7. The summed E-state index contributed by atoms with van der Waals surface area (Å²) in [5.41, 5.74) is 1.71. The van der Waals surface area contributed by atoms with Crippen molar-refractivity contribution in [2.24, 2.45) is 0 Å². The molecule has 1 aliphatic rings. The van der Waals surface area contributed by atoms with Gasteiger partial charge in [0.15, 0.2) is 5.82 Å². The molecular formula is C23H31N3O4. The number of carbonyl (C=O) groups is 1. The van der Waals surface area contributed by atoms with Gasteiger partial charge >= 0.3 is 5.97 Å². The van der Waals surface area contributed by atoms with Crippen LogP contribution in [0.3, 0.4) is 0 Å². The molecule has 2 atom stereocenters. The molecule has 30 heavy (non-hydrogen) atoms. The first kappa shape index (κ1) is 22.0. The number of carboxylic acids is 1. The van der Waals surface area contributed by atoms with Crippen molar-refractivity contribution < 1.29 is 19.4 Å². The van der Waals surface area contributed by atoms with Gasteiger partial charge in [0.25, 0.3) is 0 Å². The number of benzene rings is 1. The number of carboxylic acid groups (broad SMARTS) is 1. The monoisotopic (exact) mass is 413 g/mol. The highest BCUT2D eigenvalue weighted by Gasteiger charge is 2.36. The lowest BCUT2D eigenvalue weighted by molar-refractivity contribution is -0.137. The zero-order valence-electron chi connectivity index (χ0n) is 18.2. The Hall–Kier alpha value is -2.67. The van der Waals surface area contributed by atoms with Crippen LogP contribution >= 0.6 is 0 Å². The Morgan fingerprint density at radius 2 is 1.97 bits per heavy atom. The van der Waals surface area contributed by atoms with Crippen LogP contribution in [0, 0.1) is 6.92 Å². The van der Waals surface area contributed by atoms with Gasteiger partial charge in [0.1, 0.15) is 6.61 Å². The standard InChI is InChI=1S/C23H31N3O4/c1-16-12-20(24-25-22(16)29-15-17-8-6-5-7-9-17)26-14-19(30-23(2,3)4)13-18(26)10-11-21(27)28/h5-9,12,18-19H,10-11,13-15H2,1-4H3,(H,27,28)/t18-,19-/m1/s1. The van der Waals surface area contributed by atoms with Gasteiger partial charge in [-0.1, -0.05) is 30.3 Å². The fraction of sp³-hybridized carbons (Fsp3) is 0.522. The predicted molar refractivity (Wildman–Crippen MR) is 115 cm³/mol. The quantitative estimate of drug-likeness (QED) is 0.700. The van der Waals surface area contributed by atoms with Crippen LogP contribution in [-0.2, 0) is 16.1 Å². The van der Waals surface area contributed by atoms with Crippen LogP contribution in [0.4, 0.5) is 5.82 Å². The van der Waals surface area contributed by atoms with E-state index in [1.807, 2.05) is 64.1 Å². The van der Waals surface area contributed by atoms with E-state index >= 15 is 0 Å². The molecule has 1 saturated heterocycles. The molecule has 0 saturated carbocycles. The Morgan fingerprint density at radius 3 is 2.60 bits per heavy atom. The van der Waals surface area contributed by atoms with Crippen LogP contribution in [0.1, 0.15) is 51.2 Å². The van der Waals surface area contributed by atoms with Gasteiger partial charge in [-0.3, -0.25) is 4.79 Å². The van der Waals surface area contributed by atoms with Crippen LogP contribution < -0.4 is 9.64 Å². The summed E-state index contributed by atoms with van der Waals surface area (Å²) >= 11 is 0. The van der Waals surface area contributed by atoms with E-state index in [0.29, 0.717) is 25.5 Å². The highest BCUT2D eigenvalue weighted by atomic mass is 16.5. The highest BCUT2D eigenvalue weighted by Crippen LogP contribution is 2.31. The average molecular weight is 414 g/mol. The number of hydrogen-bond acceptors (Lipinski definition) is 6. The molecule has 0 aliphatic carbocycles. The summed E-state index contributed by atoms with van der Waals surface area (Å²) in [7, 11) is 0. The Labute approximate surface area is 178 Å². The van der Waals surface area contributed by atoms with Crippen molar-refractivity contribution in [2.45, 2.75) is 71.3 Å². The number of hydrogen-bond donors (Lipinski definition) is 1. The lowest BCUT2D eigenvalue weighted by atomic mass is 10.1. The van der Waals surface area contributed by atoms with Gasteiger partial charge < -0.3 is 19.5 Å². The maximum atomic E-state index is 11.1. The number of ether oxygens (including phenoxy) is 2. The van der Waals surface area contributed by atoms with Crippen molar-refractivity contribution in [3.8, 4) is 5.88 Å². The molecule has 1 aromatic heterocycles. The summed E-state index contributed by atoms with van der Waals surface area (Å²) in [6, 6.07) is 11.9. The minimum atomic E-state index is -0.790. The minimum Gasteiger partial charge on any atom is -0.481 e. The molecule has 0 amide bonds. The van der Waals surface area contributed by atoms with Crippen molar-refractivity contribution in [2.75, 3.05) is 11.4 Å².